The van der Waals surface area contributed by atoms with Gasteiger partial charge in [-0.05, 0) is 42.9 Å². The van der Waals surface area contributed by atoms with E-state index in [0.717, 1.165) is 18.7 Å². The molecule has 0 N–H and O–H groups in total. The van der Waals surface area contributed by atoms with E-state index < -0.39 is 0 Å². The minimum absolute atomic E-state index is 0.174. The first kappa shape index (κ1) is 18.1. The van der Waals surface area contributed by atoms with Gasteiger partial charge >= 0.3 is 0 Å². The summed E-state index contributed by atoms with van der Waals surface area (Å²) >= 11 is 0. The lowest BCUT2D eigenvalue weighted by atomic mass is 9.73. The predicted octanol–water partition coefficient (Wildman–Crippen LogP) is 3.90. The molecule has 2 fully saturated rings. The Morgan fingerprint density at radius 3 is 2.70 bits per heavy atom. The van der Waals surface area contributed by atoms with Gasteiger partial charge in [0.2, 0.25) is 5.91 Å². The maximum absolute atomic E-state index is 13.0. The lowest BCUT2D eigenvalue weighted by molar-refractivity contribution is -0.133. The highest BCUT2D eigenvalue weighted by Gasteiger charge is 2.46. The van der Waals surface area contributed by atoms with Gasteiger partial charge in [-0.3, -0.25) is 9.48 Å². The van der Waals surface area contributed by atoms with Crippen LogP contribution in [-0.4, -0.2) is 39.8 Å². The molecular formula is C22H29N3O2. The Morgan fingerprint density at radius 1 is 1.15 bits per heavy atom. The van der Waals surface area contributed by atoms with Crippen molar-refractivity contribution >= 4 is 5.91 Å². The molecule has 1 saturated carbocycles. The molecule has 1 saturated heterocycles. The van der Waals surface area contributed by atoms with Crippen LogP contribution >= 0.6 is 0 Å². The van der Waals surface area contributed by atoms with E-state index in [-0.39, 0.29) is 11.9 Å². The Balaban J connectivity index is 1.42. The van der Waals surface area contributed by atoms with Crippen LogP contribution < -0.4 is 4.74 Å². The molecule has 1 aromatic heterocycles. The average molecular weight is 367 g/mol. The van der Waals surface area contributed by atoms with Gasteiger partial charge in [-0.25, -0.2) is 0 Å². The van der Waals surface area contributed by atoms with Crippen LogP contribution in [0.5, 0.6) is 5.75 Å². The summed E-state index contributed by atoms with van der Waals surface area (Å²) in [7, 11) is 0. The second-order valence-electron chi connectivity index (χ2n) is 8.08. The predicted molar refractivity (Wildman–Crippen MR) is 104 cm³/mol. The molecule has 0 radical (unpaired) electrons. The largest absolute Gasteiger partial charge is 0.491 e. The van der Waals surface area contributed by atoms with Gasteiger partial charge in [0.05, 0.1) is 6.04 Å². The lowest BCUT2D eigenvalue weighted by Gasteiger charge is -2.33. The number of carbonyl (C=O) groups is 1. The van der Waals surface area contributed by atoms with E-state index in [1.165, 1.54) is 32.1 Å². The minimum Gasteiger partial charge on any atom is -0.491 e. The van der Waals surface area contributed by atoms with Crippen molar-refractivity contribution in [3.05, 3.63) is 48.8 Å². The summed E-state index contributed by atoms with van der Waals surface area (Å²) in [5, 5.41) is 4.21. The van der Waals surface area contributed by atoms with Crippen LogP contribution in [0.15, 0.2) is 48.8 Å². The van der Waals surface area contributed by atoms with E-state index in [1.807, 2.05) is 47.3 Å². The Hall–Kier alpha value is -2.30. The number of hydrogen-bond acceptors (Lipinski definition) is 3. The van der Waals surface area contributed by atoms with Crippen molar-refractivity contribution in [2.45, 2.75) is 57.5 Å². The molecule has 144 valence electrons. The lowest BCUT2D eigenvalue weighted by Crippen LogP contribution is -2.40. The van der Waals surface area contributed by atoms with Crippen molar-refractivity contribution in [3.8, 4) is 5.75 Å². The van der Waals surface area contributed by atoms with Gasteiger partial charge in [0, 0.05) is 31.9 Å². The Labute approximate surface area is 161 Å². The molecule has 2 aliphatic rings. The number of carbonyl (C=O) groups excluding carboxylic acids is 1. The summed E-state index contributed by atoms with van der Waals surface area (Å²) in [4.78, 5) is 15.1. The highest BCUT2D eigenvalue weighted by Crippen LogP contribution is 2.46. The van der Waals surface area contributed by atoms with E-state index in [4.69, 9.17) is 4.74 Å². The monoisotopic (exact) mass is 367 g/mol. The minimum atomic E-state index is 0.174. The number of ether oxygens (including phenoxy) is 1. The van der Waals surface area contributed by atoms with Crippen LogP contribution in [0.25, 0.3) is 0 Å². The van der Waals surface area contributed by atoms with Crippen LogP contribution in [0.2, 0.25) is 0 Å². The van der Waals surface area contributed by atoms with Crippen molar-refractivity contribution < 1.29 is 9.53 Å². The fourth-order valence-electron chi connectivity index (χ4n) is 4.77. The van der Waals surface area contributed by atoms with Gasteiger partial charge < -0.3 is 9.64 Å². The average Bonchev–Trinajstić information content (AvgIpc) is 3.34. The molecule has 1 spiro atoms. The smallest absolute Gasteiger partial charge is 0.224 e. The molecule has 1 aliphatic heterocycles. The van der Waals surface area contributed by atoms with Crippen LogP contribution in [0.3, 0.4) is 0 Å². The molecule has 1 atom stereocenters. The summed E-state index contributed by atoms with van der Waals surface area (Å²) in [6.07, 6.45) is 11.7. The molecule has 27 heavy (non-hydrogen) atoms. The van der Waals surface area contributed by atoms with E-state index in [9.17, 15) is 4.79 Å². The number of amides is 1. The maximum atomic E-state index is 13.0. The molecule has 1 aromatic carbocycles. The van der Waals surface area contributed by atoms with Crippen molar-refractivity contribution in [1.29, 1.82) is 0 Å². The second-order valence-corrected chi connectivity index (χ2v) is 8.08. The highest BCUT2D eigenvalue weighted by atomic mass is 16.5. The molecule has 5 nitrogen and oxygen atoms in total. The number of aromatic nitrogens is 2. The fraction of sp³-hybridized carbons (Fsp3) is 0.545. The number of aryl methyl sites for hydroxylation is 1. The van der Waals surface area contributed by atoms with Crippen molar-refractivity contribution in [2.24, 2.45) is 5.41 Å². The number of para-hydroxylation sites is 1. The molecule has 2 heterocycles. The zero-order valence-corrected chi connectivity index (χ0v) is 15.9. The highest BCUT2D eigenvalue weighted by molar-refractivity contribution is 5.77. The van der Waals surface area contributed by atoms with Crippen LogP contribution in [0.1, 0.15) is 44.9 Å². The van der Waals surface area contributed by atoms with E-state index in [1.54, 1.807) is 6.20 Å². The molecular weight excluding hydrogens is 338 g/mol. The van der Waals surface area contributed by atoms with Crippen molar-refractivity contribution in [1.82, 2.24) is 14.7 Å². The van der Waals surface area contributed by atoms with Crippen LogP contribution in [-0.2, 0) is 11.3 Å². The third-order valence-corrected chi connectivity index (χ3v) is 6.15. The summed E-state index contributed by atoms with van der Waals surface area (Å²) < 4.78 is 7.88. The third-order valence-electron chi connectivity index (χ3n) is 6.15. The Morgan fingerprint density at radius 2 is 1.96 bits per heavy atom. The zero-order valence-electron chi connectivity index (χ0n) is 15.9. The van der Waals surface area contributed by atoms with E-state index in [0.29, 0.717) is 25.0 Å². The summed E-state index contributed by atoms with van der Waals surface area (Å²) in [6, 6.07) is 12.0. The van der Waals surface area contributed by atoms with Gasteiger partial charge in [-0.2, -0.15) is 5.10 Å². The SMILES string of the molecule is O=C(CCn1cccn1)N1CC2(CCCCC2)CC1COc1ccccc1. The summed E-state index contributed by atoms with van der Waals surface area (Å²) in [5.41, 5.74) is 0.310. The third kappa shape index (κ3) is 4.34. The van der Waals surface area contributed by atoms with E-state index in [2.05, 4.69) is 10.00 Å². The standard InChI is InChI=1S/C22H29N3O2/c26-21(10-15-24-14-7-13-23-24)25-18-22(11-5-2-6-12-22)16-19(25)17-27-20-8-3-1-4-9-20/h1,3-4,7-9,13-14,19H,2,5-6,10-12,15-18H2. The summed E-state index contributed by atoms with van der Waals surface area (Å²) in [5.74, 6) is 1.11. The van der Waals surface area contributed by atoms with E-state index >= 15 is 0 Å². The van der Waals surface area contributed by atoms with Gasteiger partial charge in [0.25, 0.3) is 0 Å². The number of nitrogens with zero attached hydrogens (tertiary/aromatic N) is 3. The van der Waals surface area contributed by atoms with Gasteiger partial charge in [-0.15, -0.1) is 0 Å². The maximum Gasteiger partial charge on any atom is 0.224 e. The number of hydrogen-bond donors (Lipinski definition) is 0. The molecule has 2 aromatic rings. The molecule has 1 aliphatic carbocycles. The quantitative estimate of drug-likeness (QED) is 0.778. The Kier molecular flexibility index (Phi) is 5.46. The topological polar surface area (TPSA) is 47.4 Å². The van der Waals surface area contributed by atoms with Crippen LogP contribution in [0.4, 0.5) is 0 Å². The van der Waals surface area contributed by atoms with Gasteiger partial charge in [0.1, 0.15) is 12.4 Å². The van der Waals surface area contributed by atoms with Gasteiger partial charge in [-0.1, -0.05) is 37.5 Å². The number of likely N-dealkylation sites (tertiary alicyclic amines) is 1. The fourth-order valence-corrected chi connectivity index (χ4v) is 4.77. The molecule has 1 unspecified atom stereocenters. The first-order valence-electron chi connectivity index (χ1n) is 10.2. The van der Waals surface area contributed by atoms with Crippen LogP contribution in [0, 0.1) is 5.41 Å². The Bertz CT molecular complexity index is 723. The van der Waals surface area contributed by atoms with Crippen molar-refractivity contribution in [2.75, 3.05) is 13.2 Å². The molecule has 5 heteroatoms. The first-order valence-corrected chi connectivity index (χ1v) is 10.2. The number of rotatable bonds is 6. The molecule has 4 rings (SSSR count). The van der Waals surface area contributed by atoms with Gasteiger partial charge in [0.15, 0.2) is 0 Å². The van der Waals surface area contributed by atoms with Crippen molar-refractivity contribution in [3.63, 3.8) is 0 Å². The number of benzene rings is 1. The molecule has 0 bridgehead atoms. The second kappa shape index (κ2) is 8.15. The zero-order chi connectivity index (χ0) is 18.5. The first-order chi connectivity index (χ1) is 13.2. The molecule has 1 amide bonds. The summed E-state index contributed by atoms with van der Waals surface area (Å²) in [6.45, 7) is 2.12. The normalized spacial score (nSPS) is 21.5.